The van der Waals surface area contributed by atoms with Crippen LogP contribution in [-0.4, -0.2) is 49.0 Å². The molecule has 1 aromatic heterocycles. The average molecular weight is 519 g/mol. The van der Waals surface area contributed by atoms with E-state index in [0.717, 1.165) is 50.8 Å². The topological polar surface area (TPSA) is 83.6 Å². The Morgan fingerprint density at radius 3 is 2.71 bits per heavy atom. The second-order valence-electron chi connectivity index (χ2n) is 10.4. The molecular weight excluding hydrogens is 483 g/mol. The number of halogens is 1. The summed E-state index contributed by atoms with van der Waals surface area (Å²) >= 11 is 0. The second-order valence-corrected chi connectivity index (χ2v) is 10.4. The third kappa shape index (κ3) is 5.16. The van der Waals surface area contributed by atoms with Crippen LogP contribution in [0.1, 0.15) is 59.1 Å². The maximum absolute atomic E-state index is 14.5. The zero-order valence-corrected chi connectivity index (χ0v) is 22.4. The normalized spacial score (nSPS) is 16.9. The highest BCUT2D eigenvalue weighted by molar-refractivity contribution is 5.79. The van der Waals surface area contributed by atoms with E-state index in [1.807, 2.05) is 32.2 Å². The lowest BCUT2D eigenvalue weighted by Crippen LogP contribution is -2.32. The second kappa shape index (κ2) is 10.8. The van der Waals surface area contributed by atoms with Gasteiger partial charge in [-0.15, -0.1) is 5.10 Å². The van der Waals surface area contributed by atoms with Gasteiger partial charge >= 0.3 is 0 Å². The molecule has 4 aromatic rings. The first-order valence-corrected chi connectivity index (χ1v) is 13.2. The maximum atomic E-state index is 14.5. The van der Waals surface area contributed by atoms with E-state index >= 15 is 0 Å². The van der Waals surface area contributed by atoms with E-state index in [0.29, 0.717) is 25.4 Å². The standard InChI is InChI=1S/C30H35FN4O3/c1-5-23-17-35(15-21-7-6-8-26(31)30(21)38-23)16-22-13-20(10-9-18(22)2)25(14-28(36)37)24-11-12-27-29(19(24)3)32-33-34(27)4/h6-13,23,25,28,36-37H,5,14-17H2,1-4H3/t23-,25?/m1/s1. The molecule has 1 aliphatic heterocycles. The van der Waals surface area contributed by atoms with Gasteiger partial charge in [-0.2, -0.15) is 0 Å². The molecule has 8 heteroatoms. The number of aliphatic hydroxyl groups is 2. The van der Waals surface area contributed by atoms with Crippen LogP contribution in [0.15, 0.2) is 48.5 Å². The highest BCUT2D eigenvalue weighted by Gasteiger charge is 2.26. The average Bonchev–Trinajstić information content (AvgIpc) is 3.16. The lowest BCUT2D eigenvalue weighted by atomic mass is 9.84. The van der Waals surface area contributed by atoms with Crippen LogP contribution in [0.4, 0.5) is 4.39 Å². The number of fused-ring (bicyclic) bond motifs is 2. The van der Waals surface area contributed by atoms with Crippen LogP contribution in [-0.2, 0) is 20.1 Å². The van der Waals surface area contributed by atoms with Gasteiger partial charge in [-0.25, -0.2) is 9.07 Å². The van der Waals surface area contributed by atoms with Gasteiger partial charge in [0.25, 0.3) is 0 Å². The molecule has 5 rings (SSSR count). The van der Waals surface area contributed by atoms with E-state index in [1.165, 1.54) is 6.07 Å². The van der Waals surface area contributed by atoms with E-state index in [-0.39, 0.29) is 24.3 Å². The molecule has 0 spiro atoms. The van der Waals surface area contributed by atoms with Crippen LogP contribution >= 0.6 is 0 Å². The van der Waals surface area contributed by atoms with Gasteiger partial charge in [0.15, 0.2) is 17.9 Å². The molecule has 1 unspecified atom stereocenters. The van der Waals surface area contributed by atoms with Crippen LogP contribution in [0.5, 0.6) is 5.75 Å². The number of ether oxygens (including phenoxy) is 1. The quantitative estimate of drug-likeness (QED) is 0.344. The van der Waals surface area contributed by atoms with Crippen molar-refractivity contribution in [3.8, 4) is 5.75 Å². The minimum absolute atomic E-state index is 0.102. The van der Waals surface area contributed by atoms with Crippen molar-refractivity contribution in [2.45, 2.75) is 65.0 Å². The van der Waals surface area contributed by atoms with E-state index < -0.39 is 6.29 Å². The van der Waals surface area contributed by atoms with Gasteiger partial charge in [-0.05, 0) is 60.2 Å². The zero-order chi connectivity index (χ0) is 27.0. The summed E-state index contributed by atoms with van der Waals surface area (Å²) in [5.74, 6) is -0.188. The van der Waals surface area contributed by atoms with Crippen molar-refractivity contribution in [1.82, 2.24) is 19.9 Å². The summed E-state index contributed by atoms with van der Waals surface area (Å²) in [6.07, 6.45) is -0.613. The molecular formula is C30H35FN4O3. The molecule has 0 amide bonds. The summed E-state index contributed by atoms with van der Waals surface area (Å²) in [6.45, 7) is 8.11. The van der Waals surface area contributed by atoms with E-state index in [9.17, 15) is 14.6 Å². The molecule has 200 valence electrons. The van der Waals surface area contributed by atoms with Crippen molar-refractivity contribution in [3.05, 3.63) is 87.7 Å². The minimum atomic E-state index is -1.46. The van der Waals surface area contributed by atoms with Gasteiger partial charge in [0.1, 0.15) is 11.6 Å². The number of aromatic nitrogens is 3. The molecule has 0 saturated heterocycles. The van der Waals surface area contributed by atoms with E-state index in [4.69, 9.17) is 4.74 Å². The third-order valence-corrected chi connectivity index (χ3v) is 7.71. The smallest absolute Gasteiger partial charge is 0.165 e. The van der Waals surface area contributed by atoms with Crippen LogP contribution in [0, 0.1) is 19.7 Å². The molecule has 0 radical (unpaired) electrons. The van der Waals surface area contributed by atoms with Crippen LogP contribution in [0.25, 0.3) is 11.0 Å². The first kappa shape index (κ1) is 26.3. The summed E-state index contributed by atoms with van der Waals surface area (Å²) in [7, 11) is 1.86. The zero-order valence-electron chi connectivity index (χ0n) is 22.4. The Labute approximate surface area is 222 Å². The first-order valence-electron chi connectivity index (χ1n) is 13.2. The predicted molar refractivity (Wildman–Crippen MR) is 144 cm³/mol. The number of para-hydroxylation sites is 1. The number of rotatable bonds is 7. The van der Waals surface area contributed by atoms with E-state index in [1.54, 1.807) is 10.7 Å². The number of aliphatic hydroxyl groups excluding tert-OH is 1. The largest absolute Gasteiger partial charge is 0.486 e. The SMILES string of the molecule is CC[C@@H]1CN(Cc2cc(C(CC(O)O)c3ccc4c(nnn4C)c3C)ccc2C)Cc2cccc(F)c2O1. The van der Waals surface area contributed by atoms with Gasteiger partial charge in [-0.1, -0.05) is 48.5 Å². The monoisotopic (exact) mass is 518 g/mol. The Balaban J connectivity index is 1.49. The molecule has 0 aliphatic carbocycles. The number of hydrogen-bond acceptors (Lipinski definition) is 6. The molecule has 0 fully saturated rings. The minimum Gasteiger partial charge on any atom is -0.486 e. The molecule has 0 saturated carbocycles. The highest BCUT2D eigenvalue weighted by atomic mass is 19.1. The first-order chi connectivity index (χ1) is 18.2. The fraction of sp³-hybridized carbons (Fsp3) is 0.400. The third-order valence-electron chi connectivity index (χ3n) is 7.71. The predicted octanol–water partition coefficient (Wildman–Crippen LogP) is 4.73. The highest BCUT2D eigenvalue weighted by Crippen LogP contribution is 2.35. The molecule has 2 atom stereocenters. The number of aryl methyl sites for hydroxylation is 3. The summed E-state index contributed by atoms with van der Waals surface area (Å²) in [6, 6.07) is 15.5. The molecule has 0 bridgehead atoms. The van der Waals surface area contributed by atoms with Crippen molar-refractivity contribution >= 4 is 11.0 Å². The van der Waals surface area contributed by atoms with Crippen molar-refractivity contribution in [3.63, 3.8) is 0 Å². The van der Waals surface area contributed by atoms with Gasteiger partial charge in [0, 0.05) is 44.6 Å². The fourth-order valence-electron chi connectivity index (χ4n) is 5.54. The summed E-state index contributed by atoms with van der Waals surface area (Å²) < 4.78 is 22.3. The summed E-state index contributed by atoms with van der Waals surface area (Å²) in [4.78, 5) is 2.30. The maximum Gasteiger partial charge on any atom is 0.165 e. The van der Waals surface area contributed by atoms with Gasteiger partial charge in [-0.3, -0.25) is 4.90 Å². The Hall–Kier alpha value is -3.33. The molecule has 2 N–H and O–H groups in total. The van der Waals surface area contributed by atoms with Crippen LogP contribution < -0.4 is 4.74 Å². The van der Waals surface area contributed by atoms with Crippen molar-refractivity contribution < 1.29 is 19.3 Å². The summed E-state index contributed by atoms with van der Waals surface area (Å²) in [5.41, 5.74) is 7.89. The van der Waals surface area contributed by atoms with E-state index in [2.05, 4.69) is 47.3 Å². The number of hydrogen-bond donors (Lipinski definition) is 2. The van der Waals surface area contributed by atoms with Gasteiger partial charge in [0.2, 0.25) is 0 Å². The summed E-state index contributed by atoms with van der Waals surface area (Å²) in [5, 5.41) is 28.5. The molecule has 38 heavy (non-hydrogen) atoms. The Morgan fingerprint density at radius 2 is 1.95 bits per heavy atom. The lowest BCUT2D eigenvalue weighted by molar-refractivity contribution is -0.0477. The van der Waals surface area contributed by atoms with Crippen molar-refractivity contribution in [1.29, 1.82) is 0 Å². The number of nitrogens with zero attached hydrogens (tertiary/aromatic N) is 4. The molecule has 1 aliphatic rings. The molecule has 7 nitrogen and oxygen atoms in total. The fourth-order valence-corrected chi connectivity index (χ4v) is 5.54. The molecule has 3 aromatic carbocycles. The van der Waals surface area contributed by atoms with Gasteiger partial charge < -0.3 is 14.9 Å². The van der Waals surface area contributed by atoms with Gasteiger partial charge in [0.05, 0.1) is 5.52 Å². The lowest BCUT2D eigenvalue weighted by Gasteiger charge is -2.26. The van der Waals surface area contributed by atoms with Crippen LogP contribution in [0.2, 0.25) is 0 Å². The Morgan fingerprint density at radius 1 is 1.13 bits per heavy atom. The molecule has 2 heterocycles. The Kier molecular flexibility index (Phi) is 7.47. The van der Waals surface area contributed by atoms with Crippen molar-refractivity contribution in [2.24, 2.45) is 7.05 Å². The van der Waals surface area contributed by atoms with Crippen LogP contribution in [0.3, 0.4) is 0 Å². The van der Waals surface area contributed by atoms with Crippen molar-refractivity contribution in [2.75, 3.05) is 6.54 Å². The number of benzene rings is 3. The Bertz CT molecular complexity index is 1450.